The molecule has 10 nitrogen and oxygen atoms in total. The van der Waals surface area contributed by atoms with Crippen molar-refractivity contribution in [2.75, 3.05) is 32.2 Å². The maximum atomic E-state index is 13.3. The van der Waals surface area contributed by atoms with Crippen LogP contribution in [0.4, 0.5) is 5.82 Å². The van der Waals surface area contributed by atoms with E-state index in [0.717, 1.165) is 0 Å². The van der Waals surface area contributed by atoms with Gasteiger partial charge in [0, 0.05) is 12.3 Å². The number of nitrogens with zero attached hydrogens (tertiary/aromatic N) is 2. The number of methoxy groups -OCH3 is 2. The summed E-state index contributed by atoms with van der Waals surface area (Å²) in [5, 5.41) is 9.31. The van der Waals surface area contributed by atoms with Crippen LogP contribution in [0.2, 0.25) is 0 Å². The molecule has 0 amide bonds. The summed E-state index contributed by atoms with van der Waals surface area (Å²) in [5.41, 5.74) is 0.342. The highest BCUT2D eigenvalue weighted by Crippen LogP contribution is 2.47. The van der Waals surface area contributed by atoms with Crippen LogP contribution in [0, 0.1) is 6.92 Å². The molecular weight excluding hydrogens is 438 g/mol. The number of aliphatic hydroxyl groups is 1. The third kappa shape index (κ3) is 5.18. The lowest BCUT2D eigenvalue weighted by Gasteiger charge is -2.21. The van der Waals surface area contributed by atoms with Crippen molar-refractivity contribution in [3.05, 3.63) is 54.5 Å². The summed E-state index contributed by atoms with van der Waals surface area (Å²) in [5.74, 6) is 1.16. The predicted molar refractivity (Wildman–Crippen MR) is 116 cm³/mol. The van der Waals surface area contributed by atoms with Crippen molar-refractivity contribution in [3.8, 4) is 28.7 Å². The Kier molecular flexibility index (Phi) is 7.33. The molecule has 0 aliphatic carbocycles. The Morgan fingerprint density at radius 3 is 2.50 bits per heavy atom. The van der Waals surface area contributed by atoms with Gasteiger partial charge in [-0.3, -0.25) is 4.72 Å². The third-order valence-corrected chi connectivity index (χ3v) is 5.77. The molecule has 170 valence electrons. The molecule has 0 spiro atoms. The van der Waals surface area contributed by atoms with Crippen molar-refractivity contribution in [3.63, 3.8) is 0 Å². The zero-order chi connectivity index (χ0) is 23.1. The predicted octanol–water partition coefficient (Wildman–Crippen LogP) is 2.77. The van der Waals surface area contributed by atoms with Crippen LogP contribution in [-0.2, 0) is 10.0 Å². The van der Waals surface area contributed by atoms with E-state index in [1.54, 1.807) is 31.2 Å². The molecule has 0 aliphatic heterocycles. The number of rotatable bonds is 10. The van der Waals surface area contributed by atoms with Gasteiger partial charge in [-0.2, -0.15) is 0 Å². The normalized spacial score (nSPS) is 11.0. The van der Waals surface area contributed by atoms with E-state index in [1.165, 1.54) is 38.9 Å². The van der Waals surface area contributed by atoms with Crippen LogP contribution in [0.3, 0.4) is 0 Å². The largest absolute Gasteiger partial charge is 0.497 e. The highest BCUT2D eigenvalue weighted by molar-refractivity contribution is 7.92. The molecular formula is C21H23N3O7S. The fourth-order valence-corrected chi connectivity index (χ4v) is 4.28. The lowest BCUT2D eigenvalue weighted by molar-refractivity contribution is 0.193. The number of benzene rings is 2. The smallest absolute Gasteiger partial charge is 0.267 e. The van der Waals surface area contributed by atoms with E-state index in [9.17, 15) is 13.5 Å². The molecule has 0 aliphatic rings. The molecule has 0 saturated heterocycles. The van der Waals surface area contributed by atoms with Gasteiger partial charge in [-0.25, -0.2) is 18.4 Å². The zero-order valence-corrected chi connectivity index (χ0v) is 18.5. The first-order valence-corrected chi connectivity index (χ1v) is 10.9. The molecule has 3 aromatic rings. The minimum absolute atomic E-state index is 0.0304. The van der Waals surface area contributed by atoms with E-state index >= 15 is 0 Å². The van der Waals surface area contributed by atoms with E-state index in [1.807, 2.05) is 0 Å². The highest BCUT2D eigenvalue weighted by Gasteiger charge is 2.30. The highest BCUT2D eigenvalue weighted by atomic mass is 32.2. The second kappa shape index (κ2) is 10.2. The summed E-state index contributed by atoms with van der Waals surface area (Å²) in [4.78, 5) is 7.50. The van der Waals surface area contributed by atoms with E-state index in [2.05, 4.69) is 14.7 Å². The lowest BCUT2D eigenvalue weighted by atomic mass is 10.2. The van der Waals surface area contributed by atoms with Crippen molar-refractivity contribution >= 4 is 15.8 Å². The number of aromatic nitrogens is 2. The number of nitrogens with one attached hydrogen (secondary N) is 1. The van der Waals surface area contributed by atoms with E-state index < -0.39 is 10.0 Å². The Morgan fingerprint density at radius 2 is 1.84 bits per heavy atom. The summed E-state index contributed by atoms with van der Waals surface area (Å²) in [6, 6.07) is 9.70. The summed E-state index contributed by atoms with van der Waals surface area (Å²) in [6.07, 6.45) is 2.63. The van der Waals surface area contributed by atoms with Crippen molar-refractivity contribution in [1.82, 2.24) is 9.97 Å². The first-order valence-electron chi connectivity index (χ1n) is 9.45. The van der Waals surface area contributed by atoms with Gasteiger partial charge in [-0.05, 0) is 36.8 Å². The van der Waals surface area contributed by atoms with Gasteiger partial charge >= 0.3 is 0 Å². The Bertz CT molecular complexity index is 1170. The Labute approximate surface area is 185 Å². The molecule has 0 radical (unpaired) electrons. The zero-order valence-electron chi connectivity index (χ0n) is 17.7. The van der Waals surface area contributed by atoms with Crippen LogP contribution in [0.1, 0.15) is 5.56 Å². The Morgan fingerprint density at radius 1 is 1.06 bits per heavy atom. The lowest BCUT2D eigenvalue weighted by Crippen LogP contribution is -2.18. The second-order valence-electron chi connectivity index (χ2n) is 6.44. The number of hydrogen-bond acceptors (Lipinski definition) is 9. The summed E-state index contributed by atoms with van der Waals surface area (Å²) in [7, 11) is -1.22. The quantitative estimate of drug-likeness (QED) is 0.468. The number of anilines is 1. The van der Waals surface area contributed by atoms with E-state index in [0.29, 0.717) is 17.1 Å². The Hall–Kier alpha value is -3.57. The summed E-state index contributed by atoms with van der Waals surface area (Å²) < 4.78 is 51.2. The number of ether oxygens (including phenoxy) is 4. The van der Waals surface area contributed by atoms with Crippen LogP contribution >= 0.6 is 0 Å². The Balaban J connectivity index is 2.16. The van der Waals surface area contributed by atoms with Gasteiger partial charge in [0.2, 0.25) is 5.75 Å². The molecule has 1 aromatic heterocycles. The van der Waals surface area contributed by atoms with Crippen molar-refractivity contribution < 1.29 is 32.5 Å². The van der Waals surface area contributed by atoms with Gasteiger partial charge in [0.25, 0.3) is 10.0 Å². The van der Waals surface area contributed by atoms with Gasteiger partial charge in [-0.1, -0.05) is 6.07 Å². The monoisotopic (exact) mass is 461 g/mol. The fraction of sp³-hybridized carbons (Fsp3) is 0.238. The van der Waals surface area contributed by atoms with E-state index in [-0.39, 0.29) is 41.2 Å². The number of sulfonamides is 1. The first-order chi connectivity index (χ1) is 15.4. The van der Waals surface area contributed by atoms with Crippen LogP contribution in [0.25, 0.3) is 0 Å². The molecule has 32 heavy (non-hydrogen) atoms. The van der Waals surface area contributed by atoms with Crippen LogP contribution in [-0.4, -0.2) is 50.9 Å². The maximum absolute atomic E-state index is 13.3. The molecule has 11 heteroatoms. The standard InChI is InChI=1S/C21H23N3O7S/c1-14-11-17(29-3)19(31-16-6-4-5-15(12-16)28-2)20(30-10-9-25)21(14)32(26,27)24-18-7-8-22-13-23-18/h4-8,11-13,25H,9-10H2,1-3H3,(H,22,23,24). The van der Waals surface area contributed by atoms with Gasteiger partial charge in [-0.15, -0.1) is 0 Å². The molecule has 0 atom stereocenters. The molecule has 0 saturated carbocycles. The maximum Gasteiger partial charge on any atom is 0.267 e. The number of aryl methyl sites for hydroxylation is 1. The average molecular weight is 461 g/mol. The number of hydrogen-bond donors (Lipinski definition) is 2. The van der Waals surface area contributed by atoms with Crippen molar-refractivity contribution in [2.45, 2.75) is 11.8 Å². The van der Waals surface area contributed by atoms with Crippen LogP contribution in [0.15, 0.2) is 53.8 Å². The number of aliphatic hydroxyl groups excluding tert-OH is 1. The molecule has 3 rings (SSSR count). The fourth-order valence-electron chi connectivity index (χ4n) is 2.91. The topological polar surface area (TPSA) is 129 Å². The second-order valence-corrected chi connectivity index (χ2v) is 8.06. The van der Waals surface area contributed by atoms with Gasteiger partial charge in [0.05, 0.1) is 20.8 Å². The average Bonchev–Trinajstić information content (AvgIpc) is 2.79. The SMILES string of the molecule is COc1cccc(Oc2c(OC)cc(C)c(S(=O)(=O)Nc3ccncn3)c2OCCO)c1. The molecule has 2 N–H and O–H groups in total. The molecule has 0 bridgehead atoms. The van der Waals surface area contributed by atoms with Crippen LogP contribution < -0.4 is 23.7 Å². The van der Waals surface area contributed by atoms with E-state index in [4.69, 9.17) is 18.9 Å². The van der Waals surface area contributed by atoms with Crippen molar-refractivity contribution in [2.24, 2.45) is 0 Å². The van der Waals surface area contributed by atoms with Crippen LogP contribution in [0.5, 0.6) is 28.7 Å². The summed E-state index contributed by atoms with van der Waals surface area (Å²) in [6.45, 7) is 1.09. The van der Waals surface area contributed by atoms with Gasteiger partial charge in [0.1, 0.15) is 35.1 Å². The molecule has 0 unspecified atom stereocenters. The van der Waals surface area contributed by atoms with Gasteiger partial charge in [0.15, 0.2) is 11.5 Å². The van der Waals surface area contributed by atoms with Crippen molar-refractivity contribution in [1.29, 1.82) is 0 Å². The summed E-state index contributed by atoms with van der Waals surface area (Å²) >= 11 is 0. The third-order valence-electron chi connectivity index (χ3n) is 4.25. The molecule has 2 aromatic carbocycles. The molecule has 0 fully saturated rings. The minimum Gasteiger partial charge on any atom is -0.497 e. The molecule has 1 heterocycles. The first kappa shape index (κ1) is 23.1. The minimum atomic E-state index is -4.16. The van der Waals surface area contributed by atoms with Gasteiger partial charge < -0.3 is 24.1 Å².